The van der Waals surface area contributed by atoms with Crippen molar-refractivity contribution in [3.63, 3.8) is 0 Å². The van der Waals surface area contributed by atoms with Crippen molar-refractivity contribution in [1.82, 2.24) is 19.7 Å². The Balaban J connectivity index is 1.91. The van der Waals surface area contributed by atoms with E-state index in [0.717, 1.165) is 22.2 Å². The monoisotopic (exact) mass is 357 g/mol. The summed E-state index contributed by atoms with van der Waals surface area (Å²) in [7, 11) is 0. The van der Waals surface area contributed by atoms with E-state index in [2.05, 4.69) is 49.9 Å². The molecule has 0 saturated heterocycles. The SMILES string of the molecule is CCCCCn1cc(Nc2ncc(I)cn2)cn1. The highest BCUT2D eigenvalue weighted by Gasteiger charge is 2.01. The maximum atomic E-state index is 4.30. The van der Waals surface area contributed by atoms with E-state index < -0.39 is 0 Å². The second-order valence-electron chi connectivity index (χ2n) is 4.05. The van der Waals surface area contributed by atoms with Gasteiger partial charge in [-0.3, -0.25) is 4.68 Å². The molecular formula is C12H16IN5. The first-order valence-corrected chi connectivity index (χ1v) is 7.13. The van der Waals surface area contributed by atoms with Gasteiger partial charge in [0.15, 0.2) is 0 Å². The second-order valence-corrected chi connectivity index (χ2v) is 5.29. The average molecular weight is 357 g/mol. The van der Waals surface area contributed by atoms with Gasteiger partial charge in [0.25, 0.3) is 0 Å². The molecule has 0 aliphatic heterocycles. The summed E-state index contributed by atoms with van der Waals surface area (Å²) in [6.45, 7) is 3.16. The van der Waals surface area contributed by atoms with E-state index in [1.54, 1.807) is 18.6 Å². The number of halogens is 1. The molecule has 0 amide bonds. The van der Waals surface area contributed by atoms with Gasteiger partial charge < -0.3 is 5.32 Å². The van der Waals surface area contributed by atoms with Crippen LogP contribution >= 0.6 is 22.6 Å². The van der Waals surface area contributed by atoms with Crippen LogP contribution < -0.4 is 5.32 Å². The summed E-state index contributed by atoms with van der Waals surface area (Å²) in [5.74, 6) is 0.600. The van der Waals surface area contributed by atoms with Crippen LogP contribution in [0, 0.1) is 3.57 Å². The van der Waals surface area contributed by atoms with E-state index >= 15 is 0 Å². The molecule has 0 atom stereocenters. The van der Waals surface area contributed by atoms with E-state index in [1.165, 1.54) is 12.8 Å². The summed E-state index contributed by atoms with van der Waals surface area (Å²) in [6.07, 6.45) is 11.0. The molecule has 5 nitrogen and oxygen atoms in total. The number of anilines is 2. The highest BCUT2D eigenvalue weighted by atomic mass is 127. The van der Waals surface area contributed by atoms with Crippen molar-refractivity contribution >= 4 is 34.2 Å². The Hall–Kier alpha value is -1.18. The number of unbranched alkanes of at least 4 members (excludes halogenated alkanes) is 2. The quantitative estimate of drug-likeness (QED) is 0.637. The number of aromatic nitrogens is 4. The molecule has 0 fully saturated rings. The van der Waals surface area contributed by atoms with Crippen molar-refractivity contribution < 1.29 is 0 Å². The van der Waals surface area contributed by atoms with Gasteiger partial charge in [-0.2, -0.15) is 5.10 Å². The van der Waals surface area contributed by atoms with Gasteiger partial charge in [0, 0.05) is 28.7 Å². The Kier molecular flexibility index (Phi) is 4.91. The Bertz CT molecular complexity index is 479. The van der Waals surface area contributed by atoms with Crippen LogP contribution in [0.25, 0.3) is 0 Å². The molecule has 0 bridgehead atoms. The maximum absolute atomic E-state index is 4.30. The molecule has 96 valence electrons. The van der Waals surface area contributed by atoms with Gasteiger partial charge in [0.05, 0.1) is 11.9 Å². The lowest BCUT2D eigenvalue weighted by Crippen LogP contribution is -1.98. The lowest BCUT2D eigenvalue weighted by Gasteiger charge is -2.01. The lowest BCUT2D eigenvalue weighted by molar-refractivity contribution is 0.553. The van der Waals surface area contributed by atoms with Crippen molar-refractivity contribution in [2.24, 2.45) is 0 Å². The fraction of sp³-hybridized carbons (Fsp3) is 0.417. The summed E-state index contributed by atoms with van der Waals surface area (Å²) in [5, 5.41) is 7.43. The van der Waals surface area contributed by atoms with E-state index in [1.807, 2.05) is 10.9 Å². The molecule has 2 aromatic heterocycles. The Morgan fingerprint density at radius 1 is 1.22 bits per heavy atom. The zero-order valence-electron chi connectivity index (χ0n) is 10.3. The highest BCUT2D eigenvalue weighted by Crippen LogP contribution is 2.12. The molecule has 1 N–H and O–H groups in total. The molecule has 0 aliphatic carbocycles. The smallest absolute Gasteiger partial charge is 0.227 e. The standard InChI is InChI=1S/C12H16IN5/c1-2-3-4-5-18-9-11(8-16-18)17-12-14-6-10(13)7-15-12/h6-9H,2-5H2,1H3,(H,14,15,17). The minimum absolute atomic E-state index is 0.600. The average Bonchev–Trinajstić information content (AvgIpc) is 2.80. The molecule has 0 aliphatic rings. The minimum atomic E-state index is 0.600. The minimum Gasteiger partial charge on any atom is -0.321 e. The van der Waals surface area contributed by atoms with Gasteiger partial charge in [-0.25, -0.2) is 9.97 Å². The van der Waals surface area contributed by atoms with E-state index in [-0.39, 0.29) is 0 Å². The van der Waals surface area contributed by atoms with Crippen molar-refractivity contribution in [1.29, 1.82) is 0 Å². The summed E-state index contributed by atoms with van der Waals surface area (Å²) in [4.78, 5) is 8.38. The predicted octanol–water partition coefficient (Wildman–Crippen LogP) is 3.21. The molecule has 2 heterocycles. The predicted molar refractivity (Wildman–Crippen MR) is 79.8 cm³/mol. The van der Waals surface area contributed by atoms with Gasteiger partial charge >= 0.3 is 0 Å². The number of hydrogen-bond donors (Lipinski definition) is 1. The molecule has 2 rings (SSSR count). The third-order valence-electron chi connectivity index (χ3n) is 2.50. The Morgan fingerprint density at radius 3 is 2.72 bits per heavy atom. The van der Waals surface area contributed by atoms with E-state index in [4.69, 9.17) is 0 Å². The fourth-order valence-corrected chi connectivity index (χ4v) is 1.86. The van der Waals surface area contributed by atoms with Gasteiger partial charge in [-0.05, 0) is 29.0 Å². The molecule has 2 aromatic rings. The van der Waals surface area contributed by atoms with Crippen LogP contribution in [0.3, 0.4) is 0 Å². The van der Waals surface area contributed by atoms with Crippen LogP contribution in [0.1, 0.15) is 26.2 Å². The maximum Gasteiger partial charge on any atom is 0.227 e. The van der Waals surface area contributed by atoms with E-state index in [0.29, 0.717) is 5.95 Å². The molecule has 0 aromatic carbocycles. The molecule has 0 unspecified atom stereocenters. The van der Waals surface area contributed by atoms with E-state index in [9.17, 15) is 0 Å². The highest BCUT2D eigenvalue weighted by molar-refractivity contribution is 14.1. The summed E-state index contributed by atoms with van der Waals surface area (Å²) in [5.41, 5.74) is 0.924. The first-order chi connectivity index (χ1) is 8.78. The normalized spacial score (nSPS) is 10.6. The molecule has 18 heavy (non-hydrogen) atoms. The largest absolute Gasteiger partial charge is 0.321 e. The van der Waals surface area contributed by atoms with Crippen molar-refractivity contribution in [2.45, 2.75) is 32.7 Å². The number of nitrogens with zero attached hydrogens (tertiary/aromatic N) is 4. The zero-order chi connectivity index (χ0) is 12.8. The number of aryl methyl sites for hydroxylation is 1. The van der Waals surface area contributed by atoms with Gasteiger partial charge in [-0.15, -0.1) is 0 Å². The molecule has 6 heteroatoms. The van der Waals surface area contributed by atoms with Crippen molar-refractivity contribution in [2.75, 3.05) is 5.32 Å². The van der Waals surface area contributed by atoms with Crippen LogP contribution in [-0.2, 0) is 6.54 Å². The Labute approximate surface area is 120 Å². The van der Waals surface area contributed by atoms with Crippen LogP contribution in [0.4, 0.5) is 11.6 Å². The van der Waals surface area contributed by atoms with Gasteiger partial charge in [-0.1, -0.05) is 19.8 Å². The first-order valence-electron chi connectivity index (χ1n) is 6.05. The number of rotatable bonds is 6. The summed E-state index contributed by atoms with van der Waals surface area (Å²) >= 11 is 2.18. The topological polar surface area (TPSA) is 55.6 Å². The number of hydrogen-bond acceptors (Lipinski definition) is 4. The van der Waals surface area contributed by atoms with Gasteiger partial charge in [0.1, 0.15) is 0 Å². The zero-order valence-corrected chi connectivity index (χ0v) is 12.5. The molecule has 0 spiro atoms. The molecular weight excluding hydrogens is 341 g/mol. The third-order valence-corrected chi connectivity index (χ3v) is 3.06. The third kappa shape index (κ3) is 3.94. The van der Waals surface area contributed by atoms with Crippen molar-refractivity contribution in [3.8, 4) is 0 Å². The van der Waals surface area contributed by atoms with Gasteiger partial charge in [0.2, 0.25) is 5.95 Å². The fourth-order valence-electron chi connectivity index (χ4n) is 1.58. The Morgan fingerprint density at radius 2 is 2.00 bits per heavy atom. The van der Waals surface area contributed by atoms with Crippen LogP contribution in [-0.4, -0.2) is 19.7 Å². The number of nitrogens with one attached hydrogen (secondary N) is 1. The summed E-state index contributed by atoms with van der Waals surface area (Å²) in [6, 6.07) is 0. The summed E-state index contributed by atoms with van der Waals surface area (Å²) < 4.78 is 2.97. The van der Waals surface area contributed by atoms with Crippen LogP contribution in [0.2, 0.25) is 0 Å². The second kappa shape index (κ2) is 6.67. The van der Waals surface area contributed by atoms with Crippen LogP contribution in [0.5, 0.6) is 0 Å². The molecule has 0 radical (unpaired) electrons. The lowest BCUT2D eigenvalue weighted by atomic mass is 10.2. The van der Waals surface area contributed by atoms with Crippen molar-refractivity contribution in [3.05, 3.63) is 28.4 Å². The van der Waals surface area contributed by atoms with Crippen LogP contribution in [0.15, 0.2) is 24.8 Å². The first kappa shape index (κ1) is 13.3. The molecule has 0 saturated carbocycles.